The minimum atomic E-state index is -4.45. The number of hydrogen-bond donors (Lipinski definition) is 2. The van der Waals surface area contributed by atoms with E-state index in [0.29, 0.717) is 4.32 Å². The molecule has 1 unspecified atom stereocenters. The maximum atomic E-state index is 10.5. The van der Waals surface area contributed by atoms with Crippen molar-refractivity contribution in [2.24, 2.45) is 10.7 Å². The Morgan fingerprint density at radius 2 is 2.43 bits per heavy atom. The fourth-order valence-electron chi connectivity index (χ4n) is 0.584. The molecule has 0 bridgehead atoms. The molecular formula is C4H8N2O4S4. The lowest BCUT2D eigenvalue weighted by molar-refractivity contribution is 0.409. The van der Waals surface area contributed by atoms with Gasteiger partial charge < -0.3 is 5.73 Å². The second kappa shape index (κ2) is 4.86. The third-order valence-corrected chi connectivity index (χ3v) is 6.58. The zero-order chi connectivity index (χ0) is 10.8. The van der Waals surface area contributed by atoms with Gasteiger partial charge >= 0.3 is 10.4 Å². The average molecular weight is 276 g/mol. The highest BCUT2D eigenvalue weighted by Gasteiger charge is 2.21. The molecule has 3 N–H and O–H groups in total. The van der Waals surface area contributed by atoms with Gasteiger partial charge in [-0.25, -0.2) is 4.99 Å². The first-order valence-electron chi connectivity index (χ1n) is 3.36. The molecule has 10 heteroatoms. The molecular weight excluding hydrogens is 268 g/mol. The molecule has 0 aliphatic carbocycles. The third-order valence-electron chi connectivity index (χ3n) is 0.921. The van der Waals surface area contributed by atoms with Gasteiger partial charge in [0.1, 0.15) is 0 Å². The van der Waals surface area contributed by atoms with E-state index in [-0.39, 0.29) is 5.17 Å². The molecule has 0 spiro atoms. The normalized spacial score (nSPS) is 22.6. The lowest BCUT2D eigenvalue weighted by Crippen LogP contribution is -2.02. The van der Waals surface area contributed by atoms with Crippen LogP contribution in [0.3, 0.4) is 0 Å². The van der Waals surface area contributed by atoms with E-state index in [1.165, 1.54) is 11.8 Å². The first kappa shape index (κ1) is 12.3. The van der Waals surface area contributed by atoms with Crippen LogP contribution < -0.4 is 5.73 Å². The van der Waals surface area contributed by atoms with Gasteiger partial charge in [-0.15, -0.1) is 0 Å². The first-order valence-corrected chi connectivity index (χ1v) is 8.19. The summed E-state index contributed by atoms with van der Waals surface area (Å²) in [4.78, 5) is 3.89. The highest BCUT2D eigenvalue weighted by molar-refractivity contribution is 8.90. The van der Waals surface area contributed by atoms with Crippen molar-refractivity contribution >= 4 is 52.2 Å². The van der Waals surface area contributed by atoms with E-state index < -0.39 is 20.2 Å². The van der Waals surface area contributed by atoms with Gasteiger partial charge in [0.25, 0.3) is 0 Å². The van der Waals surface area contributed by atoms with Crippen LogP contribution in [0, 0.1) is 0 Å². The van der Waals surface area contributed by atoms with Crippen molar-refractivity contribution in [3.05, 3.63) is 0 Å². The Bertz CT molecular complexity index is 386. The summed E-state index contributed by atoms with van der Waals surface area (Å²) in [6, 6.07) is 0. The van der Waals surface area contributed by atoms with Gasteiger partial charge in [-0.05, 0) is 5.75 Å². The molecule has 0 radical (unpaired) electrons. The first-order chi connectivity index (χ1) is 6.42. The molecule has 0 fully saturated rings. The molecule has 0 aromatic heterocycles. The van der Waals surface area contributed by atoms with Gasteiger partial charge in [-0.1, -0.05) is 18.7 Å². The van der Waals surface area contributed by atoms with Gasteiger partial charge in [0.2, 0.25) is 0 Å². The van der Waals surface area contributed by atoms with Crippen molar-refractivity contribution in [1.82, 2.24) is 0 Å². The van der Waals surface area contributed by atoms with E-state index in [2.05, 4.69) is 8.62 Å². The van der Waals surface area contributed by atoms with Crippen molar-refractivity contribution in [3.8, 4) is 0 Å². The van der Waals surface area contributed by atoms with Gasteiger partial charge in [-0.2, -0.15) is 12.0 Å². The Kier molecular flexibility index (Phi) is 4.28. The molecule has 1 atom stereocenters. The fourth-order valence-corrected chi connectivity index (χ4v) is 6.12. The molecule has 14 heavy (non-hydrogen) atoms. The van der Waals surface area contributed by atoms with Crippen LogP contribution in [0.4, 0.5) is 0 Å². The topological polar surface area (TPSA) is 102 Å². The Hall–Kier alpha value is 0.260. The Morgan fingerprint density at radius 3 is 2.93 bits per heavy atom. The van der Waals surface area contributed by atoms with Crippen molar-refractivity contribution < 1.29 is 16.6 Å². The van der Waals surface area contributed by atoms with E-state index in [1.807, 2.05) is 6.92 Å². The minimum Gasteiger partial charge on any atom is -0.377 e. The summed E-state index contributed by atoms with van der Waals surface area (Å²) >= 11 is 1.33. The summed E-state index contributed by atoms with van der Waals surface area (Å²) in [5.41, 5.74) is 5.39. The summed E-state index contributed by atoms with van der Waals surface area (Å²) < 4.78 is 34.3. The SMILES string of the molecule is CCSC1=S(OS(=O)(=O)O)SC(N)=N1. The van der Waals surface area contributed by atoms with Crippen LogP contribution in [-0.2, 0) is 14.0 Å². The zero-order valence-corrected chi connectivity index (χ0v) is 10.3. The molecule has 0 saturated heterocycles. The second-order valence-corrected chi connectivity index (χ2v) is 7.72. The predicted octanol–water partition coefficient (Wildman–Crippen LogP) is 0.807. The molecule has 1 aliphatic heterocycles. The van der Waals surface area contributed by atoms with Crippen LogP contribution >= 0.6 is 32.4 Å². The van der Waals surface area contributed by atoms with Crippen LogP contribution in [-0.4, -0.2) is 28.2 Å². The van der Waals surface area contributed by atoms with Gasteiger partial charge in [-0.3, -0.25) is 4.55 Å². The largest absolute Gasteiger partial charge is 0.408 e. The molecule has 1 heterocycles. The van der Waals surface area contributed by atoms with Crippen LogP contribution in [0.1, 0.15) is 6.92 Å². The van der Waals surface area contributed by atoms with E-state index in [9.17, 15) is 8.42 Å². The zero-order valence-electron chi connectivity index (χ0n) is 7.04. The molecule has 1 rings (SSSR count). The van der Waals surface area contributed by atoms with Crippen molar-refractivity contribution in [1.29, 1.82) is 0 Å². The predicted molar refractivity (Wildman–Crippen MR) is 62.6 cm³/mol. The standard InChI is InChI=1S/C4H8N2O4S4/c1-2-11-4-6-3(5)12-13(4)10-14(7,8)9/h2H2,1H3,(H2,5,6)(H,7,8,9). The number of nitrogens with zero attached hydrogens (tertiary/aromatic N) is 1. The molecule has 0 amide bonds. The summed E-state index contributed by atoms with van der Waals surface area (Å²) in [6.45, 7) is 1.89. The van der Waals surface area contributed by atoms with E-state index in [1.54, 1.807) is 0 Å². The molecule has 6 nitrogen and oxygen atoms in total. The summed E-state index contributed by atoms with van der Waals surface area (Å²) in [7, 11) is -4.61. The third kappa shape index (κ3) is 3.79. The summed E-state index contributed by atoms with van der Waals surface area (Å²) in [5.74, 6) is 0.727. The monoisotopic (exact) mass is 276 g/mol. The quantitative estimate of drug-likeness (QED) is 0.446. The number of rotatable bonds is 3. The molecule has 0 aromatic carbocycles. The van der Waals surface area contributed by atoms with Crippen molar-refractivity contribution in [2.75, 3.05) is 5.75 Å². The Balaban J connectivity index is 2.82. The highest BCUT2D eigenvalue weighted by atomic mass is 33.1. The molecule has 0 saturated carbocycles. The Morgan fingerprint density at radius 1 is 1.79 bits per heavy atom. The van der Waals surface area contributed by atoms with Crippen LogP contribution in [0.5, 0.6) is 0 Å². The Labute approximate surface area is 92.2 Å². The smallest absolute Gasteiger partial charge is 0.377 e. The van der Waals surface area contributed by atoms with Gasteiger partial charge in [0.05, 0.1) is 9.80 Å². The van der Waals surface area contributed by atoms with E-state index in [0.717, 1.165) is 16.5 Å². The maximum absolute atomic E-state index is 10.5. The van der Waals surface area contributed by atoms with Gasteiger partial charge in [0.15, 0.2) is 9.49 Å². The van der Waals surface area contributed by atoms with Gasteiger partial charge in [0, 0.05) is 10.8 Å². The molecule has 0 aromatic rings. The molecule has 1 aliphatic rings. The second-order valence-electron chi connectivity index (χ2n) is 1.96. The van der Waals surface area contributed by atoms with Crippen LogP contribution in [0.15, 0.2) is 4.99 Å². The fraction of sp³-hybridized carbons (Fsp3) is 0.500. The average Bonchev–Trinajstić information content (AvgIpc) is 2.28. The summed E-state index contributed by atoms with van der Waals surface area (Å²) in [5, 5.41) is 0.243. The van der Waals surface area contributed by atoms with E-state index in [4.69, 9.17) is 10.3 Å². The minimum absolute atomic E-state index is 0.243. The maximum Gasteiger partial charge on any atom is 0.408 e. The lowest BCUT2D eigenvalue weighted by Gasteiger charge is -2.01. The van der Waals surface area contributed by atoms with Crippen LogP contribution in [0.2, 0.25) is 0 Å². The van der Waals surface area contributed by atoms with Crippen LogP contribution in [0.25, 0.3) is 0 Å². The number of aliphatic imine (C=N–C) groups is 1. The number of amidine groups is 1. The van der Waals surface area contributed by atoms with Crippen molar-refractivity contribution in [3.63, 3.8) is 0 Å². The van der Waals surface area contributed by atoms with Crippen molar-refractivity contribution in [2.45, 2.75) is 6.92 Å². The summed E-state index contributed by atoms with van der Waals surface area (Å²) in [6.07, 6.45) is 0. The molecule has 82 valence electrons. The number of nitrogens with two attached hydrogens (primary N) is 1. The van der Waals surface area contributed by atoms with E-state index >= 15 is 0 Å². The number of thioether (sulfide) groups is 1. The highest BCUT2D eigenvalue weighted by Crippen LogP contribution is 2.42. The number of hydrogen-bond acceptors (Lipinski definition) is 7. The lowest BCUT2D eigenvalue weighted by atomic mass is 11.0.